The molecule has 272 valence electrons. The van der Waals surface area contributed by atoms with Gasteiger partial charge in [-0.05, 0) is 129 Å². The quantitative estimate of drug-likeness (QED) is 0.157. The third-order valence-corrected chi connectivity index (χ3v) is 12.6. The molecule has 0 aromatic heterocycles. The number of fused-ring (bicyclic) bond motifs is 4. The molecule has 3 heteroatoms. The summed E-state index contributed by atoms with van der Waals surface area (Å²) >= 11 is 0. The molecular formula is C54H43BN2. The van der Waals surface area contributed by atoms with E-state index in [9.17, 15) is 0 Å². The Bertz CT molecular complexity index is 2680. The first kappa shape index (κ1) is 33.7. The Hall–Kier alpha value is -6.58. The smallest absolute Gasteiger partial charge is 0.252 e. The number of para-hydroxylation sites is 2. The van der Waals surface area contributed by atoms with Gasteiger partial charge in [-0.25, -0.2) is 0 Å². The third-order valence-electron chi connectivity index (χ3n) is 12.6. The molecule has 2 heterocycles. The zero-order valence-corrected chi connectivity index (χ0v) is 32.1. The van der Waals surface area contributed by atoms with Gasteiger partial charge in [-0.15, -0.1) is 0 Å². The summed E-state index contributed by atoms with van der Waals surface area (Å²) in [4.78, 5) is 5.17. The van der Waals surface area contributed by atoms with Crippen molar-refractivity contribution in [3.63, 3.8) is 0 Å². The second-order valence-electron chi connectivity index (χ2n) is 15.9. The minimum atomic E-state index is 0.0958. The highest BCUT2D eigenvalue weighted by atomic mass is 15.2. The third kappa shape index (κ3) is 5.89. The first-order valence-corrected chi connectivity index (χ1v) is 20.7. The maximum atomic E-state index is 2.60. The van der Waals surface area contributed by atoms with Gasteiger partial charge >= 0.3 is 0 Å². The lowest BCUT2D eigenvalue weighted by Gasteiger charge is -2.45. The van der Waals surface area contributed by atoms with Crippen LogP contribution in [0.15, 0.2) is 194 Å². The molecule has 8 aromatic carbocycles. The minimum absolute atomic E-state index is 0.0958. The molecule has 2 aliphatic heterocycles. The van der Waals surface area contributed by atoms with Gasteiger partial charge in [-0.2, -0.15) is 0 Å². The number of anilines is 6. The second kappa shape index (κ2) is 14.2. The molecule has 1 aliphatic carbocycles. The zero-order valence-electron chi connectivity index (χ0n) is 32.1. The monoisotopic (exact) mass is 730 g/mol. The van der Waals surface area contributed by atoms with E-state index in [2.05, 4.69) is 204 Å². The van der Waals surface area contributed by atoms with E-state index >= 15 is 0 Å². The Morgan fingerprint density at radius 1 is 0.351 bits per heavy atom. The van der Waals surface area contributed by atoms with Crippen LogP contribution in [0.2, 0.25) is 0 Å². The molecule has 0 radical (unpaired) electrons. The van der Waals surface area contributed by atoms with Gasteiger partial charge in [-0.3, -0.25) is 0 Å². The lowest BCUT2D eigenvalue weighted by Crippen LogP contribution is -2.61. The number of hydrogen-bond donors (Lipinski definition) is 0. The summed E-state index contributed by atoms with van der Waals surface area (Å²) in [6.45, 7) is 0.0958. The van der Waals surface area contributed by atoms with E-state index < -0.39 is 0 Å². The van der Waals surface area contributed by atoms with Crippen LogP contribution < -0.4 is 26.2 Å². The normalized spacial score (nSPS) is 14.5. The average Bonchev–Trinajstić information content (AvgIpc) is 3.30. The fourth-order valence-corrected chi connectivity index (χ4v) is 9.94. The van der Waals surface area contributed by atoms with Gasteiger partial charge in [0.25, 0.3) is 6.71 Å². The van der Waals surface area contributed by atoms with Crippen LogP contribution in [0.4, 0.5) is 34.1 Å². The topological polar surface area (TPSA) is 6.48 Å². The maximum Gasteiger partial charge on any atom is 0.252 e. The highest BCUT2D eigenvalue weighted by Crippen LogP contribution is 2.48. The van der Waals surface area contributed by atoms with Gasteiger partial charge in [0, 0.05) is 34.1 Å². The number of nitrogens with zero attached hydrogens (tertiary/aromatic N) is 2. The van der Waals surface area contributed by atoms with Gasteiger partial charge in [0.1, 0.15) is 0 Å². The summed E-state index contributed by atoms with van der Waals surface area (Å²) in [7, 11) is 0. The summed E-state index contributed by atoms with van der Waals surface area (Å²) in [5.41, 5.74) is 20.3. The molecule has 57 heavy (non-hydrogen) atoms. The van der Waals surface area contributed by atoms with Crippen molar-refractivity contribution in [1.29, 1.82) is 0 Å². The Balaban J connectivity index is 1.20. The predicted molar refractivity (Wildman–Crippen MR) is 243 cm³/mol. The van der Waals surface area contributed by atoms with Gasteiger partial charge in [0.15, 0.2) is 0 Å². The Labute approximate surface area is 336 Å². The number of hydrogen-bond acceptors (Lipinski definition) is 2. The minimum Gasteiger partial charge on any atom is -0.311 e. The lowest BCUT2D eigenvalue weighted by atomic mass is 9.33. The van der Waals surface area contributed by atoms with E-state index in [0.29, 0.717) is 5.92 Å². The van der Waals surface area contributed by atoms with Crippen LogP contribution in [0, 0.1) is 0 Å². The standard InChI is InChI=1S/C54H43BN2/c1-5-18-38(19-6-1)42-26-17-27-46(33-42)56-50-30-15-13-28-48(50)55-49-29-14-16-31-51(49)57(53-37-45(36-52(56)54(53)55)41-24-11-4-12-25-41)47-34-43(39-20-7-2-8-21-39)32-44(35-47)40-22-9-3-10-23-40/h1-3,5-10,13-23,26-37,41H,4,11-12,24-25H2. The van der Waals surface area contributed by atoms with Gasteiger partial charge < -0.3 is 9.80 Å². The molecule has 1 fully saturated rings. The molecule has 0 saturated heterocycles. The Morgan fingerprint density at radius 2 is 0.807 bits per heavy atom. The first-order valence-electron chi connectivity index (χ1n) is 20.7. The molecule has 0 spiro atoms. The molecule has 3 aliphatic rings. The van der Waals surface area contributed by atoms with Gasteiger partial charge in [0.05, 0.1) is 0 Å². The summed E-state index contributed by atoms with van der Waals surface area (Å²) in [6.07, 6.45) is 6.38. The molecule has 2 nitrogen and oxygen atoms in total. The average molecular weight is 731 g/mol. The van der Waals surface area contributed by atoms with E-state index in [1.807, 2.05) is 0 Å². The fraction of sp³-hybridized carbons (Fsp3) is 0.111. The van der Waals surface area contributed by atoms with Crippen LogP contribution in [-0.4, -0.2) is 6.71 Å². The van der Waals surface area contributed by atoms with Crippen LogP contribution in [0.5, 0.6) is 0 Å². The molecule has 8 aromatic rings. The second-order valence-corrected chi connectivity index (χ2v) is 15.9. The Kier molecular flexibility index (Phi) is 8.39. The molecule has 0 N–H and O–H groups in total. The van der Waals surface area contributed by atoms with Crippen LogP contribution in [0.25, 0.3) is 33.4 Å². The van der Waals surface area contributed by atoms with Crippen molar-refractivity contribution in [1.82, 2.24) is 0 Å². The van der Waals surface area contributed by atoms with Crippen LogP contribution in [0.3, 0.4) is 0 Å². The SMILES string of the molecule is c1ccc(-c2cccc(N3c4ccccc4B4c5ccccc5N(c5cc(-c6ccccc6)cc(-c6ccccc6)c5)c5cc(C6CCCCC6)cc3c54)c2)cc1. The highest BCUT2D eigenvalue weighted by molar-refractivity contribution is 7.00. The largest absolute Gasteiger partial charge is 0.311 e. The number of benzene rings is 8. The van der Waals surface area contributed by atoms with E-state index in [-0.39, 0.29) is 6.71 Å². The first-order chi connectivity index (χ1) is 28.3. The van der Waals surface area contributed by atoms with Gasteiger partial charge in [0.2, 0.25) is 0 Å². The predicted octanol–water partition coefficient (Wildman–Crippen LogP) is 12.8. The number of rotatable bonds is 6. The highest BCUT2D eigenvalue weighted by Gasteiger charge is 2.43. The maximum absolute atomic E-state index is 2.60. The molecule has 0 atom stereocenters. The molecule has 0 amide bonds. The molecule has 0 unspecified atom stereocenters. The molecular weight excluding hydrogens is 687 g/mol. The summed E-state index contributed by atoms with van der Waals surface area (Å²) < 4.78 is 0. The summed E-state index contributed by atoms with van der Waals surface area (Å²) in [5.74, 6) is 0.531. The molecule has 1 saturated carbocycles. The van der Waals surface area contributed by atoms with Crippen LogP contribution >= 0.6 is 0 Å². The van der Waals surface area contributed by atoms with E-state index in [4.69, 9.17) is 0 Å². The fourth-order valence-electron chi connectivity index (χ4n) is 9.94. The van der Waals surface area contributed by atoms with Crippen molar-refractivity contribution < 1.29 is 0 Å². The zero-order chi connectivity index (χ0) is 37.7. The van der Waals surface area contributed by atoms with Crippen LogP contribution in [0.1, 0.15) is 43.6 Å². The van der Waals surface area contributed by atoms with Crippen molar-refractivity contribution in [2.45, 2.75) is 38.0 Å². The van der Waals surface area contributed by atoms with E-state index in [1.54, 1.807) is 0 Å². The van der Waals surface area contributed by atoms with Crippen molar-refractivity contribution in [3.05, 3.63) is 200 Å². The Morgan fingerprint density at radius 3 is 1.37 bits per heavy atom. The van der Waals surface area contributed by atoms with Crippen molar-refractivity contribution in [2.75, 3.05) is 9.80 Å². The van der Waals surface area contributed by atoms with E-state index in [1.165, 1.54) is 122 Å². The van der Waals surface area contributed by atoms with Crippen molar-refractivity contribution in [3.8, 4) is 33.4 Å². The molecule has 11 rings (SSSR count). The van der Waals surface area contributed by atoms with Crippen LogP contribution in [-0.2, 0) is 0 Å². The van der Waals surface area contributed by atoms with Crippen molar-refractivity contribution in [2.24, 2.45) is 0 Å². The summed E-state index contributed by atoms with van der Waals surface area (Å²) in [6, 6.07) is 72.3. The van der Waals surface area contributed by atoms with Crippen molar-refractivity contribution >= 4 is 57.2 Å². The van der Waals surface area contributed by atoms with Gasteiger partial charge in [-0.1, -0.05) is 159 Å². The lowest BCUT2D eigenvalue weighted by molar-refractivity contribution is 0.444. The summed E-state index contributed by atoms with van der Waals surface area (Å²) in [5, 5.41) is 0. The van der Waals surface area contributed by atoms with E-state index in [0.717, 1.165) is 0 Å². The molecule has 0 bridgehead atoms.